The largest absolute Gasteiger partial charge is 0.383 e. The number of rotatable bonds is 5. The molecule has 9 nitrogen and oxygen atoms in total. The number of halogens is 1. The molecule has 2 aromatic heterocycles. The molecule has 2 amide bonds. The topological polar surface area (TPSA) is 125 Å². The Morgan fingerprint density at radius 2 is 2.06 bits per heavy atom. The number of aromatic nitrogens is 4. The van der Waals surface area contributed by atoms with Crippen molar-refractivity contribution >= 4 is 17.6 Å². The van der Waals surface area contributed by atoms with Crippen LogP contribution in [-0.2, 0) is 11.3 Å². The van der Waals surface area contributed by atoms with Gasteiger partial charge in [-0.3, -0.25) is 14.3 Å². The maximum atomic E-state index is 14.0. The Bertz CT molecular complexity index is 1370. The molecule has 0 atom stereocenters. The van der Waals surface area contributed by atoms with Crippen LogP contribution in [0.5, 0.6) is 0 Å². The monoisotopic (exact) mass is 475 g/mol. The second kappa shape index (κ2) is 8.58. The van der Waals surface area contributed by atoms with Gasteiger partial charge in [-0.05, 0) is 43.6 Å². The van der Waals surface area contributed by atoms with E-state index in [2.05, 4.69) is 22.0 Å². The van der Waals surface area contributed by atoms with Gasteiger partial charge in [0, 0.05) is 30.4 Å². The minimum Gasteiger partial charge on any atom is -0.383 e. The van der Waals surface area contributed by atoms with E-state index in [-0.39, 0.29) is 41.1 Å². The maximum Gasteiger partial charge on any atom is 0.298 e. The van der Waals surface area contributed by atoms with Gasteiger partial charge in [-0.15, -0.1) is 0 Å². The predicted molar refractivity (Wildman–Crippen MR) is 127 cm³/mol. The van der Waals surface area contributed by atoms with Crippen LogP contribution in [0, 0.1) is 23.1 Å². The Labute approximate surface area is 201 Å². The number of nitrogen functional groups attached to an aromatic ring is 1. The SMILES string of the molecule is CC#CC(=O)N1CC[C@]2(C1)C[C@H](n1nc(-c3cnn(Cc4ccccc4F)c3)c(C(N)=O)c1N)C2. The van der Waals surface area contributed by atoms with Crippen molar-refractivity contribution in [3.05, 3.63) is 53.6 Å². The average molecular weight is 476 g/mol. The van der Waals surface area contributed by atoms with E-state index >= 15 is 0 Å². The number of carbonyl (C=O) groups excluding carboxylic acids is 2. The third-order valence-electron chi connectivity index (χ3n) is 7.03. The lowest BCUT2D eigenvalue weighted by molar-refractivity contribution is -0.125. The highest BCUT2D eigenvalue weighted by molar-refractivity contribution is 6.03. The van der Waals surface area contributed by atoms with E-state index in [9.17, 15) is 14.0 Å². The lowest BCUT2D eigenvalue weighted by atomic mass is 9.65. The molecule has 3 aromatic rings. The van der Waals surface area contributed by atoms with Crippen LogP contribution in [0.3, 0.4) is 0 Å². The number of hydrogen-bond acceptors (Lipinski definition) is 5. The molecular formula is C25H26FN7O2. The smallest absolute Gasteiger partial charge is 0.298 e. The van der Waals surface area contributed by atoms with Gasteiger partial charge in [0.05, 0.1) is 18.8 Å². The molecule has 10 heteroatoms. The zero-order valence-electron chi connectivity index (χ0n) is 19.4. The van der Waals surface area contributed by atoms with Gasteiger partial charge in [-0.25, -0.2) is 9.07 Å². The van der Waals surface area contributed by atoms with Crippen LogP contribution in [0.4, 0.5) is 10.2 Å². The van der Waals surface area contributed by atoms with Gasteiger partial charge in [0.25, 0.3) is 11.8 Å². The van der Waals surface area contributed by atoms with E-state index < -0.39 is 5.91 Å². The van der Waals surface area contributed by atoms with Crippen LogP contribution in [0.25, 0.3) is 11.3 Å². The fourth-order valence-electron chi connectivity index (χ4n) is 5.28. The molecule has 2 fully saturated rings. The van der Waals surface area contributed by atoms with Crippen LogP contribution in [-0.4, -0.2) is 49.4 Å². The van der Waals surface area contributed by atoms with E-state index in [0.29, 0.717) is 29.9 Å². The number of hydrogen-bond donors (Lipinski definition) is 2. The molecule has 3 heterocycles. The number of nitrogens with zero attached hydrogens (tertiary/aromatic N) is 5. The van der Waals surface area contributed by atoms with Gasteiger partial charge in [0.15, 0.2) is 0 Å². The number of amides is 2. The Balaban J connectivity index is 1.36. The maximum absolute atomic E-state index is 14.0. The van der Waals surface area contributed by atoms with E-state index in [1.54, 1.807) is 51.8 Å². The molecule has 0 radical (unpaired) electrons. The lowest BCUT2D eigenvalue weighted by Gasteiger charge is -2.45. The predicted octanol–water partition coefficient (Wildman–Crippen LogP) is 2.19. The van der Waals surface area contributed by atoms with Gasteiger partial charge in [0.2, 0.25) is 0 Å². The molecule has 180 valence electrons. The van der Waals surface area contributed by atoms with Crippen molar-refractivity contribution < 1.29 is 14.0 Å². The molecule has 1 saturated heterocycles. The molecule has 2 aliphatic rings. The molecule has 5 rings (SSSR count). The molecule has 1 aromatic carbocycles. The second-order valence-corrected chi connectivity index (χ2v) is 9.35. The minimum atomic E-state index is -0.671. The normalized spacial score (nSPS) is 21.0. The van der Waals surface area contributed by atoms with Crippen LogP contribution < -0.4 is 11.5 Å². The summed E-state index contributed by atoms with van der Waals surface area (Å²) in [6.45, 7) is 3.24. The molecule has 1 saturated carbocycles. The fraction of sp³-hybridized carbons (Fsp3) is 0.360. The van der Waals surface area contributed by atoms with Crippen LogP contribution in [0.15, 0.2) is 36.7 Å². The van der Waals surface area contributed by atoms with Crippen molar-refractivity contribution in [3.63, 3.8) is 0 Å². The molecule has 35 heavy (non-hydrogen) atoms. The Morgan fingerprint density at radius 3 is 2.77 bits per heavy atom. The molecule has 1 aliphatic heterocycles. The molecule has 1 spiro atoms. The average Bonchev–Trinajstić information content (AvgIpc) is 3.51. The summed E-state index contributed by atoms with van der Waals surface area (Å²) in [4.78, 5) is 26.2. The fourth-order valence-corrected chi connectivity index (χ4v) is 5.28. The van der Waals surface area contributed by atoms with E-state index in [0.717, 1.165) is 19.3 Å². The van der Waals surface area contributed by atoms with E-state index in [1.807, 2.05) is 0 Å². The van der Waals surface area contributed by atoms with Crippen LogP contribution >= 0.6 is 0 Å². The van der Waals surface area contributed by atoms with Crippen LogP contribution in [0.1, 0.15) is 48.1 Å². The summed E-state index contributed by atoms with van der Waals surface area (Å²) in [7, 11) is 0. The highest BCUT2D eigenvalue weighted by Gasteiger charge is 2.51. The Kier molecular flexibility index (Phi) is 5.55. The highest BCUT2D eigenvalue weighted by atomic mass is 19.1. The summed E-state index contributed by atoms with van der Waals surface area (Å²) in [5.41, 5.74) is 13.6. The third kappa shape index (κ3) is 4.03. The summed E-state index contributed by atoms with van der Waals surface area (Å²) >= 11 is 0. The Hall–Kier alpha value is -4.13. The van der Waals surface area contributed by atoms with Gasteiger partial charge in [-0.2, -0.15) is 10.2 Å². The number of primary amides is 1. The molecular weight excluding hydrogens is 449 g/mol. The number of likely N-dealkylation sites (tertiary alicyclic amines) is 1. The number of nitrogens with two attached hydrogens (primary N) is 2. The van der Waals surface area contributed by atoms with Crippen molar-refractivity contribution in [3.8, 4) is 23.1 Å². The van der Waals surface area contributed by atoms with Crippen molar-refractivity contribution in [1.82, 2.24) is 24.5 Å². The van der Waals surface area contributed by atoms with Gasteiger partial charge in [0.1, 0.15) is 22.9 Å². The summed E-state index contributed by atoms with van der Waals surface area (Å²) < 4.78 is 17.3. The summed E-state index contributed by atoms with van der Waals surface area (Å²) in [5.74, 6) is 4.36. The number of anilines is 1. The molecule has 0 bridgehead atoms. The number of carbonyl (C=O) groups is 2. The number of benzene rings is 1. The van der Waals surface area contributed by atoms with Crippen molar-refractivity contribution in [2.75, 3.05) is 18.8 Å². The van der Waals surface area contributed by atoms with Crippen molar-refractivity contribution in [2.45, 2.75) is 38.8 Å². The first kappa shape index (κ1) is 22.7. The van der Waals surface area contributed by atoms with Gasteiger partial charge < -0.3 is 16.4 Å². The quantitative estimate of drug-likeness (QED) is 0.547. The summed E-state index contributed by atoms with van der Waals surface area (Å²) in [6.07, 6.45) is 5.76. The second-order valence-electron chi connectivity index (χ2n) is 9.35. The Morgan fingerprint density at radius 1 is 1.29 bits per heavy atom. The first-order valence-electron chi connectivity index (χ1n) is 11.5. The van der Waals surface area contributed by atoms with E-state index in [4.69, 9.17) is 11.5 Å². The summed E-state index contributed by atoms with van der Waals surface area (Å²) in [5, 5.41) is 8.96. The zero-order valence-corrected chi connectivity index (χ0v) is 19.4. The van der Waals surface area contributed by atoms with Crippen molar-refractivity contribution in [1.29, 1.82) is 0 Å². The molecule has 0 unspecified atom stereocenters. The van der Waals surface area contributed by atoms with Crippen molar-refractivity contribution in [2.24, 2.45) is 11.1 Å². The standard InChI is InChI=1S/C25H26FN7O2/c1-2-5-20(34)31-9-8-25(15-31)10-18(11-25)33-23(27)21(24(28)35)22(30-33)17-12-29-32(14-17)13-16-6-3-4-7-19(16)26/h3-4,6-7,12,14,18H,8-11,13,15,27H2,1H3,(H2,28,35)/t18-,25-. The third-order valence-corrected chi connectivity index (χ3v) is 7.03. The molecule has 1 aliphatic carbocycles. The lowest BCUT2D eigenvalue weighted by Crippen LogP contribution is -2.42. The molecule has 4 N–H and O–H groups in total. The van der Waals surface area contributed by atoms with Crippen LogP contribution in [0.2, 0.25) is 0 Å². The van der Waals surface area contributed by atoms with E-state index in [1.165, 1.54) is 6.07 Å². The first-order chi connectivity index (χ1) is 16.8. The minimum absolute atomic E-state index is 0.00243. The highest BCUT2D eigenvalue weighted by Crippen LogP contribution is 2.54. The summed E-state index contributed by atoms with van der Waals surface area (Å²) in [6, 6.07) is 6.49. The zero-order chi connectivity index (χ0) is 24.7. The first-order valence-corrected chi connectivity index (χ1v) is 11.5. The van der Waals surface area contributed by atoms with Gasteiger partial charge in [-0.1, -0.05) is 24.1 Å². The van der Waals surface area contributed by atoms with Gasteiger partial charge >= 0.3 is 0 Å².